The van der Waals surface area contributed by atoms with E-state index in [-0.39, 0.29) is 0 Å². The molecule has 1 aromatic rings. The smallest absolute Gasteiger partial charge is 0.182 e. The summed E-state index contributed by atoms with van der Waals surface area (Å²) in [5, 5.41) is 0. The van der Waals surface area contributed by atoms with Gasteiger partial charge in [-0.15, -0.1) is 0 Å². The topological polar surface area (TPSA) is 53.9 Å². The number of ether oxygens (including phenoxy) is 2. The van der Waals surface area contributed by atoms with Crippen LogP contribution >= 0.6 is 0 Å². The van der Waals surface area contributed by atoms with Crippen LogP contribution in [0.1, 0.15) is 38.2 Å². The third-order valence-corrected chi connectivity index (χ3v) is 4.51. The van der Waals surface area contributed by atoms with E-state index in [1.165, 1.54) is 0 Å². The van der Waals surface area contributed by atoms with Crippen LogP contribution in [0.25, 0.3) is 0 Å². The second kappa shape index (κ2) is 7.94. The molecular formula is C16H23NO3S. The van der Waals surface area contributed by atoms with Gasteiger partial charge in [0.05, 0.1) is 19.4 Å². The minimum atomic E-state index is -1.32. The molecule has 4 nitrogen and oxygen atoms in total. The van der Waals surface area contributed by atoms with E-state index in [2.05, 4.69) is 11.3 Å². The van der Waals surface area contributed by atoms with Crippen molar-refractivity contribution >= 4 is 17.6 Å². The molecule has 1 saturated heterocycles. The molecule has 0 bridgehead atoms. The van der Waals surface area contributed by atoms with E-state index in [9.17, 15) is 4.55 Å². The summed E-state index contributed by atoms with van der Waals surface area (Å²) >= 11 is -1.32. The quantitative estimate of drug-likeness (QED) is 0.573. The number of rotatable bonds is 7. The molecule has 1 aliphatic rings. The van der Waals surface area contributed by atoms with Crippen LogP contribution in [0.15, 0.2) is 33.6 Å². The van der Waals surface area contributed by atoms with Gasteiger partial charge < -0.3 is 14.0 Å². The van der Waals surface area contributed by atoms with E-state index >= 15 is 0 Å². The van der Waals surface area contributed by atoms with Gasteiger partial charge in [0.2, 0.25) is 0 Å². The molecule has 1 aliphatic heterocycles. The summed E-state index contributed by atoms with van der Waals surface area (Å²) in [5.41, 5.74) is 1.15. The molecule has 0 spiro atoms. The van der Waals surface area contributed by atoms with Crippen LogP contribution < -0.4 is 0 Å². The zero-order valence-corrected chi connectivity index (χ0v) is 13.5. The summed E-state index contributed by atoms with van der Waals surface area (Å²) in [6.07, 6.45) is 5.10. The number of benzene rings is 1. The van der Waals surface area contributed by atoms with Gasteiger partial charge >= 0.3 is 0 Å². The summed E-state index contributed by atoms with van der Waals surface area (Å²) in [5.74, 6) is -0.452. The first-order valence-corrected chi connectivity index (χ1v) is 8.55. The Labute approximate surface area is 129 Å². The van der Waals surface area contributed by atoms with Crippen LogP contribution in [-0.4, -0.2) is 29.8 Å². The Morgan fingerprint density at radius 1 is 1.24 bits per heavy atom. The Bertz CT molecular complexity index is 455. The third kappa shape index (κ3) is 4.81. The van der Waals surface area contributed by atoms with Gasteiger partial charge in [-0.2, -0.15) is 0 Å². The summed E-state index contributed by atoms with van der Waals surface area (Å²) < 4.78 is 27.6. The average molecular weight is 309 g/mol. The van der Waals surface area contributed by atoms with Gasteiger partial charge in [0.1, 0.15) is 11.4 Å². The highest BCUT2D eigenvalue weighted by Crippen LogP contribution is 2.29. The molecule has 0 radical (unpaired) electrons. The molecule has 1 unspecified atom stereocenters. The van der Waals surface area contributed by atoms with Crippen molar-refractivity contribution in [3.05, 3.63) is 29.8 Å². The molecule has 0 N–H and O–H groups in total. The van der Waals surface area contributed by atoms with Gasteiger partial charge in [0, 0.05) is 12.8 Å². The van der Waals surface area contributed by atoms with Crippen LogP contribution in [0.4, 0.5) is 0 Å². The van der Waals surface area contributed by atoms with E-state index in [4.69, 9.17) is 9.47 Å². The van der Waals surface area contributed by atoms with E-state index in [0.717, 1.165) is 29.7 Å². The maximum absolute atomic E-state index is 12.0. The van der Waals surface area contributed by atoms with Crippen LogP contribution in [-0.2, 0) is 20.8 Å². The lowest BCUT2D eigenvalue weighted by Gasteiger charge is -2.26. The zero-order valence-electron chi connectivity index (χ0n) is 12.7. The van der Waals surface area contributed by atoms with Gasteiger partial charge in [-0.25, -0.2) is 0 Å². The molecule has 5 heteroatoms. The van der Waals surface area contributed by atoms with Crippen LogP contribution in [0.5, 0.6) is 0 Å². The lowest BCUT2D eigenvalue weighted by atomic mass is 10.1. The SMILES string of the molecule is CCCC1(CC/C=N\[S+]([O-])c2ccc(C)cc2)OCCO1. The molecule has 2 rings (SSSR count). The first-order chi connectivity index (χ1) is 10.2. The van der Waals surface area contributed by atoms with Crippen molar-refractivity contribution in [2.45, 2.75) is 50.2 Å². The minimum Gasteiger partial charge on any atom is -0.586 e. The molecule has 0 aliphatic carbocycles. The molecule has 1 heterocycles. The summed E-state index contributed by atoms with van der Waals surface area (Å²) in [4.78, 5) is 0.730. The van der Waals surface area contributed by atoms with Crippen molar-refractivity contribution in [1.29, 1.82) is 0 Å². The van der Waals surface area contributed by atoms with Crippen molar-refractivity contribution < 1.29 is 14.0 Å². The van der Waals surface area contributed by atoms with E-state index in [1.807, 2.05) is 31.2 Å². The highest BCUT2D eigenvalue weighted by molar-refractivity contribution is 7.90. The second-order valence-corrected chi connectivity index (χ2v) is 6.43. The Kier molecular flexibility index (Phi) is 6.23. The first kappa shape index (κ1) is 16.5. The van der Waals surface area contributed by atoms with Crippen molar-refractivity contribution in [2.24, 2.45) is 4.40 Å². The maximum atomic E-state index is 12.0. The third-order valence-electron chi connectivity index (χ3n) is 3.49. The van der Waals surface area contributed by atoms with Gasteiger partial charge in [-0.1, -0.05) is 35.4 Å². The minimum absolute atomic E-state index is 0.452. The van der Waals surface area contributed by atoms with Gasteiger partial charge in [0.15, 0.2) is 10.7 Å². The number of nitrogens with zero attached hydrogens (tertiary/aromatic N) is 1. The Morgan fingerprint density at radius 3 is 2.52 bits per heavy atom. The highest BCUT2D eigenvalue weighted by atomic mass is 32.2. The zero-order chi connectivity index (χ0) is 15.1. The van der Waals surface area contributed by atoms with Crippen LogP contribution in [0.3, 0.4) is 0 Å². The molecule has 0 aromatic heterocycles. The number of aryl methyl sites for hydroxylation is 1. The second-order valence-electron chi connectivity index (χ2n) is 5.25. The fourth-order valence-corrected chi connectivity index (χ4v) is 3.14. The predicted octanol–water partition coefficient (Wildman–Crippen LogP) is 3.41. The molecule has 0 amide bonds. The van der Waals surface area contributed by atoms with Crippen LogP contribution in [0.2, 0.25) is 0 Å². The largest absolute Gasteiger partial charge is 0.586 e. The molecule has 0 saturated carbocycles. The van der Waals surface area contributed by atoms with E-state index in [1.54, 1.807) is 6.21 Å². The summed E-state index contributed by atoms with van der Waals surface area (Å²) in [6.45, 7) is 5.44. The van der Waals surface area contributed by atoms with Gasteiger partial charge in [-0.05, 0) is 25.5 Å². The lowest BCUT2D eigenvalue weighted by molar-refractivity contribution is -0.165. The molecule has 21 heavy (non-hydrogen) atoms. The summed E-state index contributed by atoms with van der Waals surface area (Å²) in [6, 6.07) is 7.59. The fraction of sp³-hybridized carbons (Fsp3) is 0.562. The molecule has 1 fully saturated rings. The Balaban J connectivity index is 1.83. The standard InChI is InChI=1S/C16H23NO3S/c1-3-9-16(19-12-13-20-16)10-4-11-17-21(18)15-7-5-14(2)6-8-15/h5-8,11H,3-4,9-10,12-13H2,1-2H3/b17-11-. The number of hydrogen-bond acceptors (Lipinski definition) is 4. The monoisotopic (exact) mass is 309 g/mol. The van der Waals surface area contributed by atoms with Crippen molar-refractivity contribution in [1.82, 2.24) is 0 Å². The predicted molar refractivity (Wildman–Crippen MR) is 84.9 cm³/mol. The summed E-state index contributed by atoms with van der Waals surface area (Å²) in [7, 11) is 0. The Morgan fingerprint density at radius 2 is 1.90 bits per heavy atom. The molecule has 1 atom stereocenters. The van der Waals surface area contributed by atoms with Gasteiger partial charge in [-0.3, -0.25) is 0 Å². The van der Waals surface area contributed by atoms with Crippen molar-refractivity contribution in [3.8, 4) is 0 Å². The normalized spacial score (nSPS) is 19.2. The van der Waals surface area contributed by atoms with Gasteiger partial charge in [0.25, 0.3) is 0 Å². The average Bonchev–Trinajstić information content (AvgIpc) is 2.93. The number of hydrogen-bond donors (Lipinski definition) is 0. The van der Waals surface area contributed by atoms with E-state index < -0.39 is 17.1 Å². The van der Waals surface area contributed by atoms with Crippen LogP contribution in [0, 0.1) is 6.92 Å². The van der Waals surface area contributed by atoms with E-state index in [0.29, 0.717) is 19.6 Å². The van der Waals surface area contributed by atoms with Crippen molar-refractivity contribution in [3.63, 3.8) is 0 Å². The first-order valence-electron chi connectivity index (χ1n) is 7.44. The molecule has 1 aromatic carbocycles. The lowest BCUT2D eigenvalue weighted by Crippen LogP contribution is -2.29. The highest BCUT2D eigenvalue weighted by Gasteiger charge is 2.34. The molecule has 116 valence electrons. The van der Waals surface area contributed by atoms with Crippen molar-refractivity contribution in [2.75, 3.05) is 13.2 Å². The maximum Gasteiger partial charge on any atom is 0.182 e. The Hall–Kier alpha value is -0.880. The molecular weight excluding hydrogens is 286 g/mol. The fourth-order valence-electron chi connectivity index (χ4n) is 2.41.